The van der Waals surface area contributed by atoms with Crippen molar-refractivity contribution in [1.29, 1.82) is 5.26 Å². The highest BCUT2D eigenvalue weighted by Crippen LogP contribution is 2.54. The molecule has 1 heteroatoms. The summed E-state index contributed by atoms with van der Waals surface area (Å²) in [6.07, 6.45) is 23.2. The average Bonchev–Trinajstić information content (AvgIpc) is 2.65. The first-order chi connectivity index (χ1) is 12.2. The molecule has 0 aromatic carbocycles. The zero-order valence-electron chi connectivity index (χ0n) is 17.2. The van der Waals surface area contributed by atoms with E-state index in [0.29, 0.717) is 0 Å². The van der Waals surface area contributed by atoms with Gasteiger partial charge in [0.1, 0.15) is 0 Å². The van der Waals surface area contributed by atoms with Crippen molar-refractivity contribution in [2.45, 2.75) is 123 Å². The fourth-order valence-corrected chi connectivity index (χ4v) is 5.73. The van der Waals surface area contributed by atoms with Crippen LogP contribution < -0.4 is 0 Å². The standard InChI is InChI=1S/C24H43N/c1-3-5-7-9-11-12-21-16-17-24(20-25)19-22(13-10-8-6-4-2)14-15-23(24)18-21/h21-23H,3-19H2,1-2H3. The first-order valence-electron chi connectivity index (χ1n) is 11.6. The molecule has 2 aliphatic rings. The maximum atomic E-state index is 10.0. The van der Waals surface area contributed by atoms with Gasteiger partial charge in [0.25, 0.3) is 0 Å². The van der Waals surface area contributed by atoms with Crippen molar-refractivity contribution < 1.29 is 0 Å². The number of nitrogens with zero attached hydrogens (tertiary/aromatic N) is 1. The van der Waals surface area contributed by atoms with E-state index in [1.807, 2.05) is 0 Å². The van der Waals surface area contributed by atoms with Gasteiger partial charge in [-0.2, -0.15) is 5.26 Å². The molecule has 0 amide bonds. The highest BCUT2D eigenvalue weighted by Gasteiger charge is 2.47. The van der Waals surface area contributed by atoms with Crippen LogP contribution in [0.25, 0.3) is 0 Å². The van der Waals surface area contributed by atoms with Crippen molar-refractivity contribution in [3.63, 3.8) is 0 Å². The number of unbranched alkanes of at least 4 members (excludes halogenated alkanes) is 7. The lowest BCUT2D eigenvalue weighted by molar-refractivity contribution is 0.0366. The van der Waals surface area contributed by atoms with Crippen LogP contribution >= 0.6 is 0 Å². The van der Waals surface area contributed by atoms with E-state index in [2.05, 4.69) is 19.9 Å². The molecule has 4 atom stereocenters. The highest BCUT2D eigenvalue weighted by molar-refractivity contribution is 5.08. The smallest absolute Gasteiger partial charge is 0.0692 e. The summed E-state index contributed by atoms with van der Waals surface area (Å²) < 4.78 is 0. The topological polar surface area (TPSA) is 23.8 Å². The van der Waals surface area contributed by atoms with Crippen LogP contribution in [-0.2, 0) is 0 Å². The molecule has 2 fully saturated rings. The number of rotatable bonds is 11. The van der Waals surface area contributed by atoms with E-state index >= 15 is 0 Å². The molecule has 144 valence electrons. The van der Waals surface area contributed by atoms with Gasteiger partial charge in [0.15, 0.2) is 0 Å². The molecule has 4 unspecified atom stereocenters. The number of fused-ring (bicyclic) bond motifs is 1. The van der Waals surface area contributed by atoms with E-state index in [-0.39, 0.29) is 5.41 Å². The lowest BCUT2D eigenvalue weighted by Gasteiger charge is -2.48. The molecule has 0 aliphatic heterocycles. The SMILES string of the molecule is CCCCCCCC1CCC2(C#N)CC(CCCCCC)CCC2C1. The van der Waals surface area contributed by atoms with Gasteiger partial charge in [0.05, 0.1) is 11.5 Å². The minimum absolute atomic E-state index is 0.0619. The summed E-state index contributed by atoms with van der Waals surface area (Å²) in [5.74, 6) is 2.49. The largest absolute Gasteiger partial charge is 0.198 e. The molecule has 2 aliphatic carbocycles. The molecule has 2 rings (SSSR count). The van der Waals surface area contributed by atoms with Crippen molar-refractivity contribution in [3.05, 3.63) is 0 Å². The van der Waals surface area contributed by atoms with E-state index in [4.69, 9.17) is 0 Å². The fourth-order valence-electron chi connectivity index (χ4n) is 5.73. The molecule has 2 saturated carbocycles. The van der Waals surface area contributed by atoms with Crippen molar-refractivity contribution in [1.82, 2.24) is 0 Å². The Kier molecular flexibility index (Phi) is 9.36. The normalized spacial score (nSPS) is 32.1. The Morgan fingerprint density at radius 1 is 0.800 bits per heavy atom. The molecular formula is C24H43N. The number of nitriles is 1. The first-order valence-corrected chi connectivity index (χ1v) is 11.6. The monoisotopic (exact) mass is 345 g/mol. The molecule has 0 radical (unpaired) electrons. The van der Waals surface area contributed by atoms with Gasteiger partial charge in [0.2, 0.25) is 0 Å². The minimum atomic E-state index is 0.0619. The van der Waals surface area contributed by atoms with Crippen LogP contribution in [0.3, 0.4) is 0 Å². The highest BCUT2D eigenvalue weighted by atomic mass is 14.5. The molecule has 0 spiro atoms. The van der Waals surface area contributed by atoms with E-state index in [0.717, 1.165) is 17.8 Å². The fraction of sp³-hybridized carbons (Fsp3) is 0.958. The average molecular weight is 346 g/mol. The van der Waals surface area contributed by atoms with Gasteiger partial charge >= 0.3 is 0 Å². The Morgan fingerprint density at radius 2 is 1.44 bits per heavy atom. The molecule has 0 saturated heterocycles. The minimum Gasteiger partial charge on any atom is -0.198 e. The molecule has 0 bridgehead atoms. The predicted molar refractivity (Wildman–Crippen MR) is 108 cm³/mol. The van der Waals surface area contributed by atoms with Crippen LogP contribution in [0, 0.1) is 34.5 Å². The molecule has 0 aromatic rings. The van der Waals surface area contributed by atoms with Crippen LogP contribution in [0.15, 0.2) is 0 Å². The van der Waals surface area contributed by atoms with Crippen LogP contribution in [0.5, 0.6) is 0 Å². The summed E-state index contributed by atoms with van der Waals surface area (Å²) in [6, 6.07) is 2.86. The predicted octanol–water partition coefficient (Wildman–Crippen LogP) is 8.04. The Hall–Kier alpha value is -0.510. The van der Waals surface area contributed by atoms with Gasteiger partial charge in [-0.1, -0.05) is 90.9 Å². The second-order valence-corrected chi connectivity index (χ2v) is 9.30. The van der Waals surface area contributed by atoms with Gasteiger partial charge in [-0.25, -0.2) is 0 Å². The van der Waals surface area contributed by atoms with E-state index in [1.54, 1.807) is 0 Å². The van der Waals surface area contributed by atoms with Crippen molar-refractivity contribution in [2.75, 3.05) is 0 Å². The van der Waals surface area contributed by atoms with E-state index in [9.17, 15) is 5.26 Å². The van der Waals surface area contributed by atoms with Crippen LogP contribution in [0.2, 0.25) is 0 Å². The Morgan fingerprint density at radius 3 is 2.12 bits per heavy atom. The third-order valence-corrected chi connectivity index (χ3v) is 7.38. The molecule has 0 heterocycles. The molecule has 0 N–H and O–H groups in total. The van der Waals surface area contributed by atoms with Crippen molar-refractivity contribution in [2.24, 2.45) is 23.2 Å². The lowest BCUT2D eigenvalue weighted by atomic mass is 9.55. The Balaban J connectivity index is 1.75. The van der Waals surface area contributed by atoms with Crippen LogP contribution in [0.4, 0.5) is 0 Å². The molecular weight excluding hydrogens is 302 g/mol. The lowest BCUT2D eigenvalue weighted by Crippen LogP contribution is -2.40. The molecule has 0 aromatic heterocycles. The summed E-state index contributed by atoms with van der Waals surface area (Å²) in [6.45, 7) is 4.58. The van der Waals surface area contributed by atoms with Crippen LogP contribution in [-0.4, -0.2) is 0 Å². The summed E-state index contributed by atoms with van der Waals surface area (Å²) in [4.78, 5) is 0. The Labute approximate surface area is 158 Å². The van der Waals surface area contributed by atoms with Gasteiger partial charge in [-0.3, -0.25) is 0 Å². The molecule has 25 heavy (non-hydrogen) atoms. The molecule has 1 nitrogen and oxygen atoms in total. The zero-order chi connectivity index (χ0) is 18.0. The third-order valence-electron chi connectivity index (χ3n) is 7.38. The first kappa shape index (κ1) is 20.8. The number of hydrogen-bond acceptors (Lipinski definition) is 1. The maximum absolute atomic E-state index is 10.0. The summed E-state index contributed by atoms with van der Waals surface area (Å²) in [5.41, 5.74) is 0.0619. The van der Waals surface area contributed by atoms with Gasteiger partial charge in [0, 0.05) is 0 Å². The van der Waals surface area contributed by atoms with Crippen LogP contribution in [0.1, 0.15) is 123 Å². The van der Waals surface area contributed by atoms with Crippen molar-refractivity contribution >= 4 is 0 Å². The van der Waals surface area contributed by atoms with Gasteiger partial charge in [-0.15, -0.1) is 0 Å². The number of hydrogen-bond donors (Lipinski definition) is 0. The third kappa shape index (κ3) is 6.30. The Bertz CT molecular complexity index is 395. The van der Waals surface area contributed by atoms with Crippen molar-refractivity contribution in [3.8, 4) is 6.07 Å². The summed E-state index contributed by atoms with van der Waals surface area (Å²) in [7, 11) is 0. The van der Waals surface area contributed by atoms with E-state index < -0.39 is 0 Å². The second-order valence-electron chi connectivity index (χ2n) is 9.30. The maximum Gasteiger partial charge on any atom is 0.0692 e. The summed E-state index contributed by atoms with van der Waals surface area (Å²) >= 11 is 0. The quantitative estimate of drug-likeness (QED) is 0.347. The zero-order valence-corrected chi connectivity index (χ0v) is 17.2. The second kappa shape index (κ2) is 11.3. The van der Waals surface area contributed by atoms with E-state index in [1.165, 1.54) is 109 Å². The van der Waals surface area contributed by atoms with Gasteiger partial charge < -0.3 is 0 Å². The van der Waals surface area contributed by atoms with Gasteiger partial charge in [-0.05, 0) is 49.9 Å². The summed E-state index contributed by atoms with van der Waals surface area (Å²) in [5, 5.41) is 10.0.